The average Bonchev–Trinajstić information content (AvgIpc) is 3.23. The Labute approximate surface area is 187 Å². The summed E-state index contributed by atoms with van der Waals surface area (Å²) in [5.74, 6) is 0.722. The lowest BCUT2D eigenvalue weighted by atomic mass is 10.2. The highest BCUT2D eigenvalue weighted by Crippen LogP contribution is 2.23. The van der Waals surface area contributed by atoms with Crippen LogP contribution in [0.1, 0.15) is 11.1 Å². The quantitative estimate of drug-likeness (QED) is 0.330. The number of carbonyl (C=O) groups is 1. The molecule has 0 spiro atoms. The van der Waals surface area contributed by atoms with Gasteiger partial charge < -0.3 is 10.1 Å². The number of thiophene rings is 1. The first-order valence-electron chi connectivity index (χ1n) is 9.64. The second-order valence-corrected chi connectivity index (χ2v) is 8.84. The zero-order chi connectivity index (χ0) is 21.8. The number of aromatic nitrogens is 2. The highest BCUT2D eigenvalue weighted by molar-refractivity contribution is 7.99. The Hall–Kier alpha value is -3.10. The van der Waals surface area contributed by atoms with E-state index in [9.17, 15) is 9.59 Å². The number of nitrogens with zero attached hydrogens (tertiary/aromatic N) is 2. The molecule has 0 atom stereocenters. The molecule has 0 radical (unpaired) electrons. The Kier molecular flexibility index (Phi) is 6.39. The summed E-state index contributed by atoms with van der Waals surface area (Å²) in [4.78, 5) is 30.3. The van der Waals surface area contributed by atoms with Crippen LogP contribution in [-0.2, 0) is 11.3 Å². The summed E-state index contributed by atoms with van der Waals surface area (Å²) in [5.41, 5.74) is 3.29. The fourth-order valence-electron chi connectivity index (χ4n) is 3.18. The van der Waals surface area contributed by atoms with Crippen molar-refractivity contribution in [3.63, 3.8) is 0 Å². The summed E-state index contributed by atoms with van der Waals surface area (Å²) in [7, 11) is 1.61. The Morgan fingerprint density at radius 1 is 1.19 bits per heavy atom. The molecule has 2 aromatic carbocycles. The van der Waals surface area contributed by atoms with E-state index in [1.807, 2.05) is 66.9 Å². The number of nitrogens with one attached hydrogen (secondary N) is 1. The Balaban J connectivity index is 1.59. The van der Waals surface area contributed by atoms with E-state index in [1.165, 1.54) is 23.1 Å². The van der Waals surface area contributed by atoms with Crippen molar-refractivity contribution in [3.8, 4) is 5.75 Å². The lowest BCUT2D eigenvalue weighted by Crippen LogP contribution is -2.24. The van der Waals surface area contributed by atoms with Crippen LogP contribution in [0.2, 0.25) is 0 Å². The molecule has 158 valence electrons. The van der Waals surface area contributed by atoms with Gasteiger partial charge in [-0.1, -0.05) is 36.0 Å². The molecule has 2 heterocycles. The maximum atomic E-state index is 13.1. The summed E-state index contributed by atoms with van der Waals surface area (Å²) in [5, 5.41) is 5.26. The monoisotopic (exact) mass is 451 g/mol. The summed E-state index contributed by atoms with van der Waals surface area (Å²) in [6.45, 7) is 2.32. The van der Waals surface area contributed by atoms with E-state index >= 15 is 0 Å². The second kappa shape index (κ2) is 9.36. The first-order chi connectivity index (χ1) is 15.0. The summed E-state index contributed by atoms with van der Waals surface area (Å²) in [6.07, 6.45) is 0. The molecular weight excluding hydrogens is 430 g/mol. The van der Waals surface area contributed by atoms with Gasteiger partial charge in [0.15, 0.2) is 5.16 Å². The molecule has 1 N–H and O–H groups in total. The van der Waals surface area contributed by atoms with E-state index in [4.69, 9.17) is 4.74 Å². The van der Waals surface area contributed by atoms with Crippen LogP contribution in [0.3, 0.4) is 0 Å². The molecule has 8 heteroatoms. The minimum absolute atomic E-state index is 0.107. The summed E-state index contributed by atoms with van der Waals surface area (Å²) < 4.78 is 7.53. The van der Waals surface area contributed by atoms with Gasteiger partial charge in [0.2, 0.25) is 5.91 Å². The number of hydrogen-bond donors (Lipinski definition) is 1. The molecular formula is C23H21N3O3S2. The van der Waals surface area contributed by atoms with Gasteiger partial charge in [0.25, 0.3) is 5.56 Å². The van der Waals surface area contributed by atoms with Gasteiger partial charge in [0, 0.05) is 5.69 Å². The summed E-state index contributed by atoms with van der Waals surface area (Å²) >= 11 is 2.63. The Morgan fingerprint density at radius 3 is 2.84 bits per heavy atom. The average molecular weight is 452 g/mol. The van der Waals surface area contributed by atoms with Crippen molar-refractivity contribution >= 4 is 44.9 Å². The van der Waals surface area contributed by atoms with Gasteiger partial charge in [-0.2, -0.15) is 0 Å². The van der Waals surface area contributed by atoms with Gasteiger partial charge in [-0.3, -0.25) is 14.2 Å². The lowest BCUT2D eigenvalue weighted by molar-refractivity contribution is -0.113. The van der Waals surface area contributed by atoms with Crippen molar-refractivity contribution in [2.75, 3.05) is 18.2 Å². The number of carbonyl (C=O) groups excluding carboxylic acids is 1. The number of aryl methyl sites for hydroxylation is 1. The lowest BCUT2D eigenvalue weighted by Gasteiger charge is -2.13. The first kappa shape index (κ1) is 21.1. The number of fused-ring (bicyclic) bond motifs is 1. The number of benzene rings is 2. The smallest absolute Gasteiger partial charge is 0.272 e. The van der Waals surface area contributed by atoms with Crippen molar-refractivity contribution in [2.24, 2.45) is 0 Å². The van der Waals surface area contributed by atoms with E-state index in [-0.39, 0.29) is 17.2 Å². The van der Waals surface area contributed by atoms with Gasteiger partial charge in [-0.05, 0) is 53.8 Å². The van der Waals surface area contributed by atoms with Crippen LogP contribution in [0, 0.1) is 6.92 Å². The molecule has 0 saturated carbocycles. The van der Waals surface area contributed by atoms with Crippen molar-refractivity contribution < 1.29 is 9.53 Å². The zero-order valence-electron chi connectivity index (χ0n) is 17.1. The fraction of sp³-hybridized carbons (Fsp3) is 0.174. The van der Waals surface area contributed by atoms with Crippen LogP contribution in [0.15, 0.2) is 69.9 Å². The van der Waals surface area contributed by atoms with E-state index in [0.29, 0.717) is 21.9 Å². The normalized spacial score (nSPS) is 10.9. The van der Waals surface area contributed by atoms with Crippen LogP contribution >= 0.6 is 23.1 Å². The minimum atomic E-state index is -0.150. The maximum Gasteiger partial charge on any atom is 0.272 e. The minimum Gasteiger partial charge on any atom is -0.497 e. The van der Waals surface area contributed by atoms with Gasteiger partial charge in [0.1, 0.15) is 10.4 Å². The number of anilines is 1. The second-order valence-electron chi connectivity index (χ2n) is 6.98. The van der Waals surface area contributed by atoms with Crippen molar-refractivity contribution in [2.45, 2.75) is 18.6 Å². The highest BCUT2D eigenvalue weighted by atomic mass is 32.2. The molecule has 0 aliphatic heterocycles. The fourth-order valence-corrected chi connectivity index (χ4v) is 4.75. The number of hydrogen-bond acceptors (Lipinski definition) is 6. The number of amides is 1. The van der Waals surface area contributed by atoms with Crippen molar-refractivity contribution in [1.82, 2.24) is 9.55 Å². The molecule has 6 nitrogen and oxygen atoms in total. The van der Waals surface area contributed by atoms with Crippen molar-refractivity contribution in [1.29, 1.82) is 0 Å². The number of thioether (sulfide) groups is 1. The third kappa shape index (κ3) is 4.98. The Bertz CT molecular complexity index is 1300. The largest absolute Gasteiger partial charge is 0.497 e. The van der Waals surface area contributed by atoms with Crippen LogP contribution in [0.4, 0.5) is 5.69 Å². The molecule has 0 unspecified atom stereocenters. The van der Waals surface area contributed by atoms with E-state index in [2.05, 4.69) is 10.3 Å². The summed E-state index contributed by atoms with van der Waals surface area (Å²) in [6, 6.07) is 17.0. The molecule has 4 rings (SSSR count). The molecule has 0 bridgehead atoms. The third-order valence-electron chi connectivity index (χ3n) is 4.64. The van der Waals surface area contributed by atoms with Crippen molar-refractivity contribution in [3.05, 3.63) is 81.5 Å². The third-order valence-corrected chi connectivity index (χ3v) is 6.51. The van der Waals surface area contributed by atoms with Crippen LogP contribution in [0.25, 0.3) is 10.2 Å². The number of rotatable bonds is 7. The molecule has 1 amide bonds. The highest BCUT2D eigenvalue weighted by Gasteiger charge is 2.15. The topological polar surface area (TPSA) is 73.2 Å². The van der Waals surface area contributed by atoms with E-state index < -0.39 is 0 Å². The Morgan fingerprint density at radius 2 is 2.03 bits per heavy atom. The predicted molar refractivity (Wildman–Crippen MR) is 127 cm³/mol. The molecule has 0 fully saturated rings. The van der Waals surface area contributed by atoms with E-state index in [1.54, 1.807) is 11.7 Å². The number of methoxy groups -OCH3 is 1. The maximum absolute atomic E-state index is 13.1. The standard InChI is InChI=1S/C23H21N3O3S2/c1-15-5-3-7-17(11-15)24-20(27)14-31-23-25-19-9-10-30-21(19)22(28)26(23)13-16-6-4-8-18(12-16)29-2/h3-12H,13-14H2,1-2H3,(H,24,27). The van der Waals surface area contributed by atoms with Crippen LogP contribution < -0.4 is 15.6 Å². The predicted octanol–water partition coefficient (Wildman–Crippen LogP) is 4.55. The molecule has 0 aliphatic rings. The van der Waals surface area contributed by atoms with Gasteiger partial charge >= 0.3 is 0 Å². The van der Waals surface area contributed by atoms with E-state index in [0.717, 1.165) is 22.6 Å². The zero-order valence-corrected chi connectivity index (χ0v) is 18.8. The molecule has 0 saturated heterocycles. The first-order valence-corrected chi connectivity index (χ1v) is 11.5. The molecule has 0 aliphatic carbocycles. The molecule has 31 heavy (non-hydrogen) atoms. The SMILES string of the molecule is COc1cccc(Cn2c(SCC(=O)Nc3cccc(C)c3)nc3ccsc3c2=O)c1. The molecule has 2 aromatic heterocycles. The molecule has 4 aromatic rings. The van der Waals surface area contributed by atoms with Crippen LogP contribution in [-0.4, -0.2) is 28.3 Å². The van der Waals surface area contributed by atoms with Crippen LogP contribution in [0.5, 0.6) is 5.75 Å². The van der Waals surface area contributed by atoms with Gasteiger partial charge in [-0.15, -0.1) is 11.3 Å². The van der Waals surface area contributed by atoms with Gasteiger partial charge in [0.05, 0.1) is 24.9 Å². The number of ether oxygens (including phenoxy) is 1. The van der Waals surface area contributed by atoms with Gasteiger partial charge in [-0.25, -0.2) is 4.98 Å².